The van der Waals surface area contributed by atoms with Crippen molar-refractivity contribution in [2.24, 2.45) is 0 Å². The summed E-state index contributed by atoms with van der Waals surface area (Å²) >= 11 is 1.83. The highest BCUT2D eigenvalue weighted by Crippen LogP contribution is 2.32. The van der Waals surface area contributed by atoms with Gasteiger partial charge in [-0.1, -0.05) is 48.5 Å². The van der Waals surface area contributed by atoms with Crippen LogP contribution >= 0.6 is 11.8 Å². The lowest BCUT2D eigenvalue weighted by molar-refractivity contribution is 0.437. The molecule has 0 fully saturated rings. The summed E-state index contributed by atoms with van der Waals surface area (Å²) in [6, 6.07) is 21.1. The molecular weight excluding hydrogens is 288 g/mol. The number of thioether (sulfide) groups is 1. The SMILES string of the molecule is CN(C)CCSc1nc2ccccc2cc1-c1ccccc1. The van der Waals surface area contributed by atoms with Crippen LogP contribution in [0.3, 0.4) is 0 Å². The highest BCUT2D eigenvalue weighted by atomic mass is 32.2. The van der Waals surface area contributed by atoms with Crippen molar-refractivity contribution in [1.29, 1.82) is 0 Å². The van der Waals surface area contributed by atoms with E-state index in [4.69, 9.17) is 4.98 Å². The molecule has 0 amide bonds. The number of benzene rings is 2. The van der Waals surface area contributed by atoms with Crippen molar-refractivity contribution in [3.63, 3.8) is 0 Å². The average Bonchev–Trinajstić information content (AvgIpc) is 2.54. The van der Waals surface area contributed by atoms with E-state index >= 15 is 0 Å². The zero-order valence-electron chi connectivity index (χ0n) is 13.0. The van der Waals surface area contributed by atoms with Gasteiger partial charge in [-0.25, -0.2) is 4.98 Å². The van der Waals surface area contributed by atoms with Crippen LogP contribution in [0, 0.1) is 0 Å². The summed E-state index contributed by atoms with van der Waals surface area (Å²) in [7, 11) is 4.21. The van der Waals surface area contributed by atoms with Crippen molar-refractivity contribution < 1.29 is 0 Å². The number of nitrogens with zero attached hydrogens (tertiary/aromatic N) is 2. The monoisotopic (exact) mass is 308 g/mol. The molecule has 1 aromatic heterocycles. The van der Waals surface area contributed by atoms with Crippen LogP contribution in [0.5, 0.6) is 0 Å². The van der Waals surface area contributed by atoms with Gasteiger partial charge < -0.3 is 4.90 Å². The Balaban J connectivity index is 2.02. The summed E-state index contributed by atoms with van der Waals surface area (Å²) < 4.78 is 0. The van der Waals surface area contributed by atoms with E-state index in [0.717, 1.165) is 22.8 Å². The predicted molar refractivity (Wildman–Crippen MR) is 96.5 cm³/mol. The number of fused-ring (bicyclic) bond motifs is 1. The minimum Gasteiger partial charge on any atom is -0.309 e. The van der Waals surface area contributed by atoms with Crippen LogP contribution < -0.4 is 0 Å². The Morgan fingerprint density at radius 1 is 0.955 bits per heavy atom. The topological polar surface area (TPSA) is 16.1 Å². The van der Waals surface area contributed by atoms with Gasteiger partial charge in [0.15, 0.2) is 0 Å². The van der Waals surface area contributed by atoms with E-state index in [1.807, 2.05) is 17.8 Å². The highest BCUT2D eigenvalue weighted by Gasteiger charge is 2.09. The van der Waals surface area contributed by atoms with E-state index in [0.29, 0.717) is 0 Å². The first-order valence-corrected chi connectivity index (χ1v) is 8.45. The number of pyridine rings is 1. The summed E-state index contributed by atoms with van der Waals surface area (Å²) in [6.07, 6.45) is 0. The molecule has 112 valence electrons. The van der Waals surface area contributed by atoms with Gasteiger partial charge in [0.25, 0.3) is 0 Å². The van der Waals surface area contributed by atoms with Crippen molar-refractivity contribution in [1.82, 2.24) is 9.88 Å². The molecule has 3 rings (SSSR count). The molecule has 0 radical (unpaired) electrons. The maximum absolute atomic E-state index is 4.89. The second-order valence-corrected chi connectivity index (χ2v) is 6.64. The Morgan fingerprint density at radius 3 is 2.45 bits per heavy atom. The molecule has 1 heterocycles. The van der Waals surface area contributed by atoms with E-state index in [1.165, 1.54) is 16.5 Å². The standard InChI is InChI=1S/C19H20N2S/c1-21(2)12-13-22-19-17(15-8-4-3-5-9-15)14-16-10-6-7-11-18(16)20-19/h3-11,14H,12-13H2,1-2H3. The summed E-state index contributed by atoms with van der Waals surface area (Å²) in [6.45, 7) is 1.05. The lowest BCUT2D eigenvalue weighted by Crippen LogP contribution is -2.14. The molecule has 3 aromatic rings. The molecule has 22 heavy (non-hydrogen) atoms. The number of rotatable bonds is 5. The molecule has 0 atom stereocenters. The Kier molecular flexibility index (Phi) is 4.76. The maximum atomic E-state index is 4.89. The third-order valence-electron chi connectivity index (χ3n) is 3.55. The fourth-order valence-electron chi connectivity index (χ4n) is 2.36. The van der Waals surface area contributed by atoms with Gasteiger partial charge in [-0.05, 0) is 31.8 Å². The van der Waals surface area contributed by atoms with Crippen LogP contribution in [0.1, 0.15) is 0 Å². The minimum absolute atomic E-state index is 1.04. The first kappa shape index (κ1) is 15.1. The van der Waals surface area contributed by atoms with Gasteiger partial charge in [-0.2, -0.15) is 0 Å². The van der Waals surface area contributed by atoms with E-state index in [1.54, 1.807) is 0 Å². The zero-order chi connectivity index (χ0) is 15.4. The van der Waals surface area contributed by atoms with Gasteiger partial charge in [-0.15, -0.1) is 11.8 Å². The second-order valence-electron chi connectivity index (χ2n) is 5.55. The van der Waals surface area contributed by atoms with Crippen molar-refractivity contribution >= 4 is 22.7 Å². The lowest BCUT2D eigenvalue weighted by Gasteiger charge is -2.12. The fourth-order valence-corrected chi connectivity index (χ4v) is 3.50. The van der Waals surface area contributed by atoms with E-state index in [2.05, 4.69) is 73.6 Å². The minimum atomic E-state index is 1.04. The molecule has 0 saturated carbocycles. The first-order chi connectivity index (χ1) is 10.7. The van der Waals surface area contributed by atoms with Crippen LogP contribution in [0.15, 0.2) is 65.7 Å². The predicted octanol–water partition coefficient (Wildman–Crippen LogP) is 4.56. The van der Waals surface area contributed by atoms with Crippen molar-refractivity contribution in [2.45, 2.75) is 5.03 Å². The summed E-state index contributed by atoms with van der Waals surface area (Å²) in [5.74, 6) is 1.04. The van der Waals surface area contributed by atoms with Crippen molar-refractivity contribution in [3.05, 3.63) is 60.7 Å². The molecule has 3 heteroatoms. The second kappa shape index (κ2) is 6.95. The van der Waals surface area contributed by atoms with Gasteiger partial charge in [0.1, 0.15) is 5.03 Å². The smallest absolute Gasteiger partial charge is 0.105 e. The van der Waals surface area contributed by atoms with Gasteiger partial charge >= 0.3 is 0 Å². The summed E-state index contributed by atoms with van der Waals surface area (Å²) in [4.78, 5) is 7.10. The van der Waals surface area contributed by atoms with Gasteiger partial charge in [0, 0.05) is 23.2 Å². The Bertz CT molecular complexity index is 754. The quantitative estimate of drug-likeness (QED) is 0.643. The summed E-state index contributed by atoms with van der Waals surface area (Å²) in [5.41, 5.74) is 3.52. The number of para-hydroxylation sites is 1. The van der Waals surface area contributed by atoms with Crippen LogP contribution in [0.4, 0.5) is 0 Å². The lowest BCUT2D eigenvalue weighted by atomic mass is 10.1. The fraction of sp³-hybridized carbons (Fsp3) is 0.211. The maximum Gasteiger partial charge on any atom is 0.105 e. The van der Waals surface area contributed by atoms with Crippen molar-refractivity contribution in [3.8, 4) is 11.1 Å². The number of aromatic nitrogens is 1. The summed E-state index contributed by atoms with van der Waals surface area (Å²) in [5, 5.41) is 2.31. The molecule has 2 aromatic carbocycles. The molecule has 0 unspecified atom stereocenters. The molecule has 0 aliphatic heterocycles. The van der Waals surface area contributed by atoms with Gasteiger partial charge in [-0.3, -0.25) is 0 Å². The Labute approximate surface area is 136 Å². The van der Waals surface area contributed by atoms with E-state index in [-0.39, 0.29) is 0 Å². The average molecular weight is 308 g/mol. The third-order valence-corrected chi connectivity index (χ3v) is 4.52. The van der Waals surface area contributed by atoms with Crippen LogP contribution in [-0.4, -0.2) is 36.3 Å². The van der Waals surface area contributed by atoms with Gasteiger partial charge in [0.05, 0.1) is 5.52 Å². The number of hydrogen-bond acceptors (Lipinski definition) is 3. The Hall–Kier alpha value is -1.84. The van der Waals surface area contributed by atoms with Crippen LogP contribution in [0.25, 0.3) is 22.0 Å². The molecule has 0 spiro atoms. The Morgan fingerprint density at radius 2 is 1.68 bits per heavy atom. The highest BCUT2D eigenvalue weighted by molar-refractivity contribution is 7.99. The van der Waals surface area contributed by atoms with Crippen molar-refractivity contribution in [2.75, 3.05) is 26.4 Å². The van der Waals surface area contributed by atoms with E-state index < -0.39 is 0 Å². The molecule has 0 aliphatic rings. The first-order valence-electron chi connectivity index (χ1n) is 7.47. The van der Waals surface area contributed by atoms with E-state index in [9.17, 15) is 0 Å². The molecule has 0 aliphatic carbocycles. The molecule has 0 saturated heterocycles. The molecular formula is C19H20N2S. The molecule has 0 bridgehead atoms. The van der Waals surface area contributed by atoms with Crippen LogP contribution in [-0.2, 0) is 0 Å². The van der Waals surface area contributed by atoms with Gasteiger partial charge in [0.2, 0.25) is 0 Å². The molecule has 0 N–H and O–H groups in total. The third kappa shape index (κ3) is 3.49. The molecule has 2 nitrogen and oxygen atoms in total. The normalized spacial score (nSPS) is 11.2. The zero-order valence-corrected chi connectivity index (χ0v) is 13.8. The number of hydrogen-bond donors (Lipinski definition) is 0. The largest absolute Gasteiger partial charge is 0.309 e. The van der Waals surface area contributed by atoms with Crippen LogP contribution in [0.2, 0.25) is 0 Å².